The predicted octanol–water partition coefficient (Wildman–Crippen LogP) is 0.908. The van der Waals surface area contributed by atoms with Gasteiger partial charge in [0.25, 0.3) is 0 Å². The van der Waals surface area contributed by atoms with Gasteiger partial charge in [-0.2, -0.15) is 0 Å². The van der Waals surface area contributed by atoms with Crippen LogP contribution in [0, 0.1) is 0 Å². The molecule has 0 aliphatic carbocycles. The van der Waals surface area contributed by atoms with Gasteiger partial charge in [0.1, 0.15) is 0 Å². The number of rotatable bonds is 2. The third-order valence-corrected chi connectivity index (χ3v) is 1.22. The molecule has 11 heavy (non-hydrogen) atoms. The molecule has 1 rings (SSSR count). The molecule has 0 heterocycles. The Morgan fingerprint density at radius 2 is 2.00 bits per heavy atom. The summed E-state index contributed by atoms with van der Waals surface area (Å²) in [5.41, 5.74) is 7.49. The Bertz CT molecular complexity index is 233. The SMILES string of the molecule is [NH]CC(=O)Nc1ccccc1. The van der Waals surface area contributed by atoms with Gasteiger partial charge < -0.3 is 5.32 Å². The Balaban J connectivity index is 2.58. The van der Waals surface area contributed by atoms with Crippen LogP contribution in [0.25, 0.3) is 0 Å². The van der Waals surface area contributed by atoms with E-state index in [1.165, 1.54) is 0 Å². The monoisotopic (exact) mass is 149 g/mol. The van der Waals surface area contributed by atoms with E-state index in [2.05, 4.69) is 5.32 Å². The van der Waals surface area contributed by atoms with Gasteiger partial charge in [0, 0.05) is 5.69 Å². The second-order valence-electron chi connectivity index (χ2n) is 2.09. The van der Waals surface area contributed by atoms with Gasteiger partial charge in [-0.15, -0.1) is 0 Å². The first-order valence-corrected chi connectivity index (χ1v) is 3.32. The summed E-state index contributed by atoms with van der Waals surface area (Å²) in [6.07, 6.45) is 0. The molecule has 0 bridgehead atoms. The number of hydrogen-bond acceptors (Lipinski definition) is 1. The zero-order valence-corrected chi connectivity index (χ0v) is 6.00. The summed E-state index contributed by atoms with van der Waals surface area (Å²) in [7, 11) is 0. The first kappa shape index (κ1) is 7.75. The quantitative estimate of drug-likeness (QED) is 0.667. The lowest BCUT2D eigenvalue weighted by atomic mass is 10.3. The Hall–Kier alpha value is -1.35. The molecule has 0 fully saturated rings. The first-order chi connectivity index (χ1) is 5.33. The highest BCUT2D eigenvalue weighted by Crippen LogP contribution is 2.03. The second-order valence-corrected chi connectivity index (χ2v) is 2.09. The molecule has 0 atom stereocenters. The third-order valence-electron chi connectivity index (χ3n) is 1.22. The number of carbonyl (C=O) groups is 1. The van der Waals surface area contributed by atoms with Crippen LogP contribution >= 0.6 is 0 Å². The lowest BCUT2D eigenvalue weighted by Crippen LogP contribution is -2.16. The summed E-state index contributed by atoms with van der Waals surface area (Å²) < 4.78 is 0. The average molecular weight is 149 g/mol. The zero-order chi connectivity index (χ0) is 8.10. The van der Waals surface area contributed by atoms with Gasteiger partial charge in [-0.05, 0) is 12.1 Å². The standard InChI is InChI=1S/C8H9N2O/c9-6-8(11)10-7-4-2-1-3-5-7/h1-5,9H,6H2,(H,10,11). The van der Waals surface area contributed by atoms with E-state index in [9.17, 15) is 4.79 Å². The number of hydrogen-bond donors (Lipinski definition) is 1. The summed E-state index contributed by atoms with van der Waals surface area (Å²) in [6.45, 7) is -0.227. The van der Waals surface area contributed by atoms with Crippen molar-refractivity contribution < 1.29 is 4.79 Å². The smallest absolute Gasteiger partial charge is 0.239 e. The van der Waals surface area contributed by atoms with Crippen molar-refractivity contribution >= 4 is 11.6 Å². The topological polar surface area (TPSA) is 52.9 Å². The minimum atomic E-state index is -0.281. The number of para-hydroxylation sites is 1. The maximum absolute atomic E-state index is 10.7. The highest BCUT2D eigenvalue weighted by atomic mass is 16.1. The minimum absolute atomic E-state index is 0.227. The van der Waals surface area contributed by atoms with Gasteiger partial charge >= 0.3 is 0 Å². The number of amides is 1. The largest absolute Gasteiger partial charge is 0.325 e. The molecule has 0 saturated carbocycles. The van der Waals surface area contributed by atoms with Crippen LogP contribution in [0.5, 0.6) is 0 Å². The zero-order valence-electron chi connectivity index (χ0n) is 6.00. The molecule has 0 saturated heterocycles. The Morgan fingerprint density at radius 1 is 1.36 bits per heavy atom. The molecule has 57 valence electrons. The van der Waals surface area contributed by atoms with Crippen molar-refractivity contribution in [1.82, 2.24) is 5.73 Å². The number of nitrogens with one attached hydrogen (secondary N) is 2. The van der Waals surface area contributed by atoms with E-state index in [4.69, 9.17) is 5.73 Å². The summed E-state index contributed by atoms with van der Waals surface area (Å²) in [5.74, 6) is -0.281. The van der Waals surface area contributed by atoms with Crippen molar-refractivity contribution in [1.29, 1.82) is 0 Å². The van der Waals surface area contributed by atoms with Crippen molar-refractivity contribution in [3.8, 4) is 0 Å². The van der Waals surface area contributed by atoms with Gasteiger partial charge in [-0.3, -0.25) is 4.79 Å². The Labute approximate surface area is 65.2 Å². The lowest BCUT2D eigenvalue weighted by Gasteiger charge is -2.00. The van der Waals surface area contributed by atoms with E-state index in [0.717, 1.165) is 5.69 Å². The van der Waals surface area contributed by atoms with E-state index in [0.29, 0.717) is 0 Å². The van der Waals surface area contributed by atoms with E-state index in [1.54, 1.807) is 12.1 Å². The number of anilines is 1. The molecule has 0 spiro atoms. The lowest BCUT2D eigenvalue weighted by molar-refractivity contribution is -0.115. The maximum atomic E-state index is 10.7. The van der Waals surface area contributed by atoms with Crippen LogP contribution in [0.2, 0.25) is 0 Å². The van der Waals surface area contributed by atoms with Crippen LogP contribution in [0.3, 0.4) is 0 Å². The summed E-state index contributed by atoms with van der Waals surface area (Å²) in [5, 5.41) is 2.57. The van der Waals surface area contributed by atoms with Crippen molar-refractivity contribution in [3.05, 3.63) is 30.3 Å². The predicted molar refractivity (Wildman–Crippen MR) is 43.0 cm³/mol. The van der Waals surface area contributed by atoms with Crippen LogP contribution < -0.4 is 11.1 Å². The third kappa shape index (κ3) is 2.39. The minimum Gasteiger partial charge on any atom is -0.325 e. The van der Waals surface area contributed by atoms with Gasteiger partial charge in [0.15, 0.2) is 0 Å². The molecule has 2 N–H and O–H groups in total. The van der Waals surface area contributed by atoms with Gasteiger partial charge in [0.2, 0.25) is 5.91 Å². The van der Waals surface area contributed by atoms with Crippen molar-refractivity contribution in [2.24, 2.45) is 0 Å². The van der Waals surface area contributed by atoms with Crippen molar-refractivity contribution in [2.45, 2.75) is 0 Å². The van der Waals surface area contributed by atoms with E-state index >= 15 is 0 Å². The fourth-order valence-corrected chi connectivity index (χ4v) is 0.727. The van der Waals surface area contributed by atoms with E-state index in [-0.39, 0.29) is 12.5 Å². The molecule has 1 aromatic rings. The van der Waals surface area contributed by atoms with Crippen LogP contribution in [-0.4, -0.2) is 12.5 Å². The van der Waals surface area contributed by atoms with Crippen molar-refractivity contribution in [3.63, 3.8) is 0 Å². The summed E-state index contributed by atoms with van der Waals surface area (Å²) in [4.78, 5) is 10.7. The fraction of sp³-hybridized carbons (Fsp3) is 0.125. The van der Waals surface area contributed by atoms with Crippen LogP contribution in [0.1, 0.15) is 0 Å². The molecule has 1 aromatic carbocycles. The Kier molecular flexibility index (Phi) is 2.63. The summed E-state index contributed by atoms with van der Waals surface area (Å²) >= 11 is 0. The van der Waals surface area contributed by atoms with E-state index < -0.39 is 0 Å². The van der Waals surface area contributed by atoms with Gasteiger partial charge in [-0.25, -0.2) is 5.73 Å². The highest BCUT2D eigenvalue weighted by molar-refractivity contribution is 5.91. The molecule has 3 heteroatoms. The van der Waals surface area contributed by atoms with Crippen LogP contribution in [-0.2, 0) is 4.79 Å². The molecular weight excluding hydrogens is 140 g/mol. The molecule has 0 aromatic heterocycles. The first-order valence-electron chi connectivity index (χ1n) is 3.32. The van der Waals surface area contributed by atoms with Crippen LogP contribution in [0.4, 0.5) is 5.69 Å². The molecule has 0 aliphatic heterocycles. The molecule has 0 unspecified atom stereocenters. The molecule has 0 aliphatic rings. The normalized spacial score (nSPS) is 9.18. The number of benzene rings is 1. The van der Waals surface area contributed by atoms with Crippen LogP contribution in [0.15, 0.2) is 30.3 Å². The maximum Gasteiger partial charge on any atom is 0.239 e. The highest BCUT2D eigenvalue weighted by Gasteiger charge is 1.96. The number of carbonyl (C=O) groups excluding carboxylic acids is 1. The van der Waals surface area contributed by atoms with Gasteiger partial charge in [-0.1, -0.05) is 18.2 Å². The molecule has 3 nitrogen and oxygen atoms in total. The summed E-state index contributed by atoms with van der Waals surface area (Å²) in [6, 6.07) is 9.11. The van der Waals surface area contributed by atoms with Crippen molar-refractivity contribution in [2.75, 3.05) is 11.9 Å². The molecule has 1 radical (unpaired) electrons. The molecular formula is C8H9N2O. The Morgan fingerprint density at radius 3 is 2.55 bits per heavy atom. The second kappa shape index (κ2) is 3.73. The molecule has 1 amide bonds. The fourth-order valence-electron chi connectivity index (χ4n) is 0.727. The van der Waals surface area contributed by atoms with Gasteiger partial charge in [0.05, 0.1) is 6.54 Å². The van der Waals surface area contributed by atoms with E-state index in [1.807, 2.05) is 18.2 Å². The average Bonchev–Trinajstić information content (AvgIpc) is 2.06.